The molecule has 18 heavy (non-hydrogen) atoms. The standard InChI is InChI=1S/C16H16OS/c1-13(15-10-6-3-7-11-15)16(17)18-12-14-8-4-2-5-9-14/h2-11,13H,12H2,1H3/t13-/m1/s1. The van der Waals surface area contributed by atoms with Crippen molar-refractivity contribution in [3.63, 3.8) is 0 Å². The van der Waals surface area contributed by atoms with E-state index in [1.165, 1.54) is 17.3 Å². The molecule has 1 nitrogen and oxygen atoms in total. The Morgan fingerprint density at radius 3 is 2.17 bits per heavy atom. The molecule has 2 aromatic carbocycles. The van der Waals surface area contributed by atoms with E-state index in [0.717, 1.165) is 11.3 Å². The number of hydrogen-bond donors (Lipinski definition) is 0. The molecular weight excluding hydrogens is 240 g/mol. The Bertz CT molecular complexity index is 493. The highest BCUT2D eigenvalue weighted by atomic mass is 32.2. The molecule has 0 bridgehead atoms. The summed E-state index contributed by atoms with van der Waals surface area (Å²) in [6.07, 6.45) is 0. The van der Waals surface area contributed by atoms with Gasteiger partial charge in [-0.25, -0.2) is 0 Å². The second-order valence-corrected chi connectivity index (χ2v) is 5.21. The maximum Gasteiger partial charge on any atom is 0.196 e. The number of hydrogen-bond acceptors (Lipinski definition) is 2. The van der Waals surface area contributed by atoms with Crippen molar-refractivity contribution in [2.24, 2.45) is 0 Å². The zero-order chi connectivity index (χ0) is 12.8. The molecule has 0 amide bonds. The molecule has 0 aliphatic heterocycles. The van der Waals surface area contributed by atoms with Crippen LogP contribution in [-0.4, -0.2) is 5.12 Å². The highest BCUT2D eigenvalue weighted by Gasteiger charge is 2.15. The molecule has 0 unspecified atom stereocenters. The lowest BCUT2D eigenvalue weighted by Crippen LogP contribution is -2.05. The Kier molecular flexibility index (Phi) is 4.59. The van der Waals surface area contributed by atoms with Crippen LogP contribution in [0.15, 0.2) is 60.7 Å². The Labute approximate surface area is 112 Å². The summed E-state index contributed by atoms with van der Waals surface area (Å²) in [5.41, 5.74) is 2.28. The maximum absolute atomic E-state index is 12.1. The number of carbonyl (C=O) groups excluding carboxylic acids is 1. The summed E-state index contributed by atoms with van der Waals surface area (Å²) in [4.78, 5) is 12.1. The van der Waals surface area contributed by atoms with Crippen LogP contribution in [0.5, 0.6) is 0 Å². The van der Waals surface area contributed by atoms with Crippen LogP contribution in [0.3, 0.4) is 0 Å². The van der Waals surface area contributed by atoms with Gasteiger partial charge in [-0.05, 0) is 11.1 Å². The van der Waals surface area contributed by atoms with Crippen LogP contribution in [0, 0.1) is 0 Å². The first-order chi connectivity index (χ1) is 8.77. The average molecular weight is 256 g/mol. The van der Waals surface area contributed by atoms with Crippen LogP contribution in [0.2, 0.25) is 0 Å². The predicted octanol–water partition coefficient (Wildman–Crippen LogP) is 4.25. The predicted molar refractivity (Wildman–Crippen MR) is 77.6 cm³/mol. The Morgan fingerprint density at radius 2 is 1.56 bits per heavy atom. The van der Waals surface area contributed by atoms with Gasteiger partial charge in [-0.3, -0.25) is 4.79 Å². The van der Waals surface area contributed by atoms with Crippen LogP contribution in [-0.2, 0) is 10.5 Å². The molecule has 0 radical (unpaired) electrons. The summed E-state index contributed by atoms with van der Waals surface area (Å²) < 4.78 is 0. The van der Waals surface area contributed by atoms with Crippen molar-refractivity contribution in [2.75, 3.05) is 0 Å². The second-order valence-electron chi connectivity index (χ2n) is 4.23. The molecule has 0 saturated carbocycles. The van der Waals surface area contributed by atoms with Gasteiger partial charge in [0.05, 0.1) is 5.92 Å². The fourth-order valence-electron chi connectivity index (χ4n) is 1.73. The Hall–Kier alpha value is -1.54. The SMILES string of the molecule is C[C@@H](C(=O)SCc1ccccc1)c1ccccc1. The second kappa shape index (κ2) is 6.41. The van der Waals surface area contributed by atoms with Crippen molar-refractivity contribution in [3.8, 4) is 0 Å². The Balaban J connectivity index is 1.93. The molecule has 0 spiro atoms. The third-order valence-electron chi connectivity index (χ3n) is 2.88. The van der Waals surface area contributed by atoms with Crippen molar-refractivity contribution >= 4 is 16.9 Å². The smallest absolute Gasteiger partial charge is 0.196 e. The van der Waals surface area contributed by atoms with E-state index in [0.29, 0.717) is 0 Å². The molecule has 2 heteroatoms. The topological polar surface area (TPSA) is 17.1 Å². The summed E-state index contributed by atoms with van der Waals surface area (Å²) in [6.45, 7) is 1.97. The number of benzene rings is 2. The van der Waals surface area contributed by atoms with Gasteiger partial charge in [-0.1, -0.05) is 79.3 Å². The van der Waals surface area contributed by atoms with Crippen molar-refractivity contribution in [3.05, 3.63) is 71.8 Å². The fourth-order valence-corrected chi connectivity index (χ4v) is 2.62. The lowest BCUT2D eigenvalue weighted by Gasteiger charge is -2.10. The summed E-state index contributed by atoms with van der Waals surface area (Å²) in [7, 11) is 0. The molecule has 2 rings (SSSR count). The van der Waals surface area contributed by atoms with Gasteiger partial charge in [-0.15, -0.1) is 0 Å². The third-order valence-corrected chi connectivity index (χ3v) is 3.99. The normalized spacial score (nSPS) is 12.1. The largest absolute Gasteiger partial charge is 0.287 e. The Morgan fingerprint density at radius 1 is 1.00 bits per heavy atom. The molecular formula is C16H16OS. The summed E-state index contributed by atoms with van der Waals surface area (Å²) in [5.74, 6) is 0.705. The minimum atomic E-state index is -0.0417. The molecule has 0 aliphatic carbocycles. The molecule has 0 saturated heterocycles. The van der Waals surface area contributed by atoms with Gasteiger partial charge in [0.1, 0.15) is 0 Å². The molecule has 0 heterocycles. The van der Waals surface area contributed by atoms with Gasteiger partial charge in [0.15, 0.2) is 5.12 Å². The van der Waals surface area contributed by atoms with Crippen LogP contribution in [0.25, 0.3) is 0 Å². The first-order valence-corrected chi connectivity index (χ1v) is 7.01. The monoisotopic (exact) mass is 256 g/mol. The van der Waals surface area contributed by atoms with Crippen LogP contribution in [0.4, 0.5) is 0 Å². The maximum atomic E-state index is 12.1. The summed E-state index contributed by atoms with van der Waals surface area (Å²) >= 11 is 1.39. The molecule has 92 valence electrons. The van der Waals surface area contributed by atoms with Crippen LogP contribution < -0.4 is 0 Å². The van der Waals surface area contributed by atoms with E-state index in [2.05, 4.69) is 0 Å². The van der Waals surface area contributed by atoms with E-state index in [1.807, 2.05) is 67.6 Å². The lowest BCUT2D eigenvalue weighted by molar-refractivity contribution is -0.111. The van der Waals surface area contributed by atoms with E-state index in [4.69, 9.17) is 0 Å². The first kappa shape index (κ1) is 12.9. The van der Waals surface area contributed by atoms with Crippen molar-refractivity contribution in [2.45, 2.75) is 18.6 Å². The number of thioether (sulfide) groups is 1. The van der Waals surface area contributed by atoms with E-state index in [9.17, 15) is 4.79 Å². The quantitative estimate of drug-likeness (QED) is 0.813. The molecule has 1 atom stereocenters. The van der Waals surface area contributed by atoms with Gasteiger partial charge in [0, 0.05) is 5.75 Å². The zero-order valence-corrected chi connectivity index (χ0v) is 11.2. The van der Waals surface area contributed by atoms with Crippen molar-refractivity contribution in [1.29, 1.82) is 0 Å². The van der Waals surface area contributed by atoms with E-state index in [-0.39, 0.29) is 11.0 Å². The van der Waals surface area contributed by atoms with Crippen LogP contribution in [0.1, 0.15) is 24.0 Å². The lowest BCUT2D eigenvalue weighted by atomic mass is 10.0. The molecule has 0 fully saturated rings. The van der Waals surface area contributed by atoms with E-state index < -0.39 is 0 Å². The number of carbonyl (C=O) groups is 1. The summed E-state index contributed by atoms with van der Waals surface area (Å²) in [5, 5.41) is 0.227. The van der Waals surface area contributed by atoms with E-state index >= 15 is 0 Å². The fraction of sp³-hybridized carbons (Fsp3) is 0.188. The van der Waals surface area contributed by atoms with Gasteiger partial charge in [0.25, 0.3) is 0 Å². The summed E-state index contributed by atoms with van der Waals surface area (Å²) in [6, 6.07) is 20.0. The number of rotatable bonds is 4. The molecule has 2 aromatic rings. The molecule has 0 aliphatic rings. The van der Waals surface area contributed by atoms with E-state index in [1.54, 1.807) is 0 Å². The van der Waals surface area contributed by atoms with Crippen LogP contribution >= 0.6 is 11.8 Å². The average Bonchev–Trinajstić information content (AvgIpc) is 2.46. The van der Waals surface area contributed by atoms with Gasteiger partial charge in [-0.2, -0.15) is 0 Å². The highest BCUT2D eigenvalue weighted by Crippen LogP contribution is 2.24. The highest BCUT2D eigenvalue weighted by molar-refractivity contribution is 8.13. The molecule has 0 N–H and O–H groups in total. The first-order valence-electron chi connectivity index (χ1n) is 6.03. The molecule has 0 aromatic heterocycles. The van der Waals surface area contributed by atoms with Crippen molar-refractivity contribution < 1.29 is 4.79 Å². The minimum Gasteiger partial charge on any atom is -0.287 e. The zero-order valence-electron chi connectivity index (χ0n) is 10.4. The van der Waals surface area contributed by atoms with Gasteiger partial charge < -0.3 is 0 Å². The minimum absolute atomic E-state index is 0.0417. The third kappa shape index (κ3) is 3.47. The van der Waals surface area contributed by atoms with Gasteiger partial charge in [0.2, 0.25) is 0 Å². The van der Waals surface area contributed by atoms with Crippen molar-refractivity contribution in [1.82, 2.24) is 0 Å². The van der Waals surface area contributed by atoms with Gasteiger partial charge >= 0.3 is 0 Å².